The molecule has 0 aliphatic carbocycles. The largest absolute Gasteiger partial charge is 0.497 e. The molecule has 0 saturated carbocycles. The number of hydrogen-bond acceptors (Lipinski definition) is 6. The highest BCUT2D eigenvalue weighted by molar-refractivity contribution is 6.08. The van der Waals surface area contributed by atoms with Crippen molar-refractivity contribution in [2.24, 2.45) is 5.16 Å². The molecule has 2 atom stereocenters. The van der Waals surface area contributed by atoms with Crippen LogP contribution in [0.1, 0.15) is 28.5 Å². The second-order valence-electron chi connectivity index (χ2n) is 6.90. The summed E-state index contributed by atoms with van der Waals surface area (Å²) < 4.78 is 16.0. The first-order valence-electron chi connectivity index (χ1n) is 9.47. The highest BCUT2D eigenvalue weighted by atomic mass is 16.5. The number of rotatable bonds is 6. The number of oxime groups is 1. The molecule has 6 nitrogen and oxygen atoms in total. The Kier molecular flexibility index (Phi) is 5.39. The van der Waals surface area contributed by atoms with Crippen molar-refractivity contribution in [1.29, 1.82) is 0 Å². The third-order valence-electron chi connectivity index (χ3n) is 5.31. The highest BCUT2D eigenvalue weighted by Crippen LogP contribution is 2.45. The Morgan fingerprint density at radius 3 is 2.13 bits per heavy atom. The van der Waals surface area contributed by atoms with Gasteiger partial charge in [0.15, 0.2) is 0 Å². The molecule has 0 radical (unpaired) electrons. The Labute approximate surface area is 174 Å². The smallest absolute Gasteiger partial charge is 0.320 e. The van der Waals surface area contributed by atoms with Crippen molar-refractivity contribution in [2.45, 2.75) is 11.8 Å². The van der Waals surface area contributed by atoms with Crippen LogP contribution in [-0.4, -0.2) is 31.1 Å². The summed E-state index contributed by atoms with van der Waals surface area (Å²) >= 11 is 0. The lowest BCUT2D eigenvalue weighted by molar-refractivity contribution is -0.134. The van der Waals surface area contributed by atoms with Gasteiger partial charge in [0.25, 0.3) is 0 Å². The van der Waals surface area contributed by atoms with Crippen LogP contribution in [0.2, 0.25) is 0 Å². The number of carbonyl (C=O) groups is 1. The van der Waals surface area contributed by atoms with E-state index in [4.69, 9.17) is 14.2 Å². The second kappa shape index (κ2) is 8.29. The minimum atomic E-state index is -0.650. The van der Waals surface area contributed by atoms with Crippen LogP contribution in [0.5, 0.6) is 17.2 Å². The van der Waals surface area contributed by atoms with Crippen molar-refractivity contribution in [1.82, 2.24) is 0 Å². The van der Waals surface area contributed by atoms with Gasteiger partial charge in [0, 0.05) is 17.0 Å². The normalized spacial score (nSPS) is 16.5. The van der Waals surface area contributed by atoms with E-state index < -0.39 is 11.8 Å². The van der Waals surface area contributed by atoms with Crippen molar-refractivity contribution >= 4 is 11.7 Å². The summed E-state index contributed by atoms with van der Waals surface area (Å²) in [6, 6.07) is 21.9. The third-order valence-corrected chi connectivity index (χ3v) is 5.31. The summed E-state index contributed by atoms with van der Waals surface area (Å²) in [4.78, 5) is 12.9. The number of esters is 1. The maximum atomic E-state index is 12.9. The zero-order valence-electron chi connectivity index (χ0n) is 16.6. The van der Waals surface area contributed by atoms with Crippen LogP contribution < -0.4 is 14.2 Å². The molecular weight excluding hydrogens is 382 g/mol. The van der Waals surface area contributed by atoms with Crippen molar-refractivity contribution in [3.8, 4) is 17.2 Å². The highest BCUT2D eigenvalue weighted by Gasteiger charge is 2.42. The van der Waals surface area contributed by atoms with Gasteiger partial charge in [-0.25, -0.2) is 0 Å². The van der Waals surface area contributed by atoms with Gasteiger partial charge in [-0.1, -0.05) is 35.5 Å². The van der Waals surface area contributed by atoms with Crippen LogP contribution in [0, 0.1) is 0 Å². The maximum absolute atomic E-state index is 12.9. The molecule has 30 heavy (non-hydrogen) atoms. The molecule has 1 aliphatic rings. The molecule has 3 aromatic carbocycles. The fraction of sp³-hybridized carbons (Fsp3) is 0.167. The Hall–Kier alpha value is -3.80. The molecule has 3 aromatic rings. The average molecular weight is 403 g/mol. The molecule has 0 bridgehead atoms. The van der Waals surface area contributed by atoms with E-state index in [0.717, 1.165) is 11.1 Å². The molecule has 0 aromatic heterocycles. The van der Waals surface area contributed by atoms with Gasteiger partial charge in [0.1, 0.15) is 17.2 Å². The fourth-order valence-corrected chi connectivity index (χ4v) is 3.83. The van der Waals surface area contributed by atoms with Gasteiger partial charge < -0.3 is 19.4 Å². The van der Waals surface area contributed by atoms with Gasteiger partial charge in [-0.15, -0.1) is 0 Å². The Balaban J connectivity index is 1.85. The van der Waals surface area contributed by atoms with E-state index in [1.807, 2.05) is 42.5 Å². The van der Waals surface area contributed by atoms with Crippen LogP contribution in [0.15, 0.2) is 78.0 Å². The van der Waals surface area contributed by atoms with E-state index in [1.54, 1.807) is 44.6 Å². The molecule has 4 rings (SSSR count). The van der Waals surface area contributed by atoms with Crippen molar-refractivity contribution in [3.63, 3.8) is 0 Å². The Morgan fingerprint density at radius 2 is 1.53 bits per heavy atom. The monoisotopic (exact) mass is 403 g/mol. The zero-order chi connectivity index (χ0) is 21.1. The second-order valence-corrected chi connectivity index (χ2v) is 6.90. The van der Waals surface area contributed by atoms with Crippen molar-refractivity contribution in [2.75, 3.05) is 14.2 Å². The van der Waals surface area contributed by atoms with Gasteiger partial charge in [-0.3, -0.25) is 4.79 Å². The van der Waals surface area contributed by atoms with Gasteiger partial charge in [0.05, 0.1) is 25.8 Å². The molecule has 6 heteroatoms. The fourth-order valence-electron chi connectivity index (χ4n) is 3.83. The van der Waals surface area contributed by atoms with Gasteiger partial charge in [-0.2, -0.15) is 0 Å². The standard InChI is InChI=1S/C24H21NO5/c1-28-17-11-7-15(8-12-17)21(22-19-5-3-4-6-20(19)30-24(22)26)23(25-27)16-9-13-18(29-2)14-10-16/h3-14,21-22,27H,1-2H3/b25-23-. The molecule has 1 aliphatic heterocycles. The molecule has 152 valence electrons. The van der Waals surface area contributed by atoms with Gasteiger partial charge in [0.2, 0.25) is 0 Å². The molecule has 1 heterocycles. The number of ether oxygens (including phenoxy) is 3. The SMILES string of the molecule is COc1ccc(/C(=N/O)C(c2ccc(OC)cc2)C2C(=O)Oc3ccccc32)cc1. The zero-order valence-corrected chi connectivity index (χ0v) is 16.6. The van der Waals surface area contributed by atoms with Crippen molar-refractivity contribution in [3.05, 3.63) is 89.5 Å². The maximum Gasteiger partial charge on any atom is 0.320 e. The minimum absolute atomic E-state index is 0.362. The van der Waals surface area contributed by atoms with Crippen molar-refractivity contribution < 1.29 is 24.2 Å². The summed E-state index contributed by atoms with van der Waals surface area (Å²) in [6.45, 7) is 0. The van der Waals surface area contributed by atoms with Crippen LogP contribution in [0.4, 0.5) is 0 Å². The number of methoxy groups -OCH3 is 2. The summed E-state index contributed by atoms with van der Waals surface area (Å²) in [5.74, 6) is 0.305. The molecule has 1 N–H and O–H groups in total. The number of fused-ring (bicyclic) bond motifs is 1. The predicted molar refractivity (Wildman–Crippen MR) is 112 cm³/mol. The van der Waals surface area contributed by atoms with E-state index in [0.29, 0.717) is 28.5 Å². The van der Waals surface area contributed by atoms with E-state index in [9.17, 15) is 10.0 Å². The molecule has 0 spiro atoms. The van der Waals surface area contributed by atoms with Crippen LogP contribution >= 0.6 is 0 Å². The number of carbonyl (C=O) groups excluding carboxylic acids is 1. The predicted octanol–water partition coefficient (Wildman–Crippen LogP) is 4.37. The lowest BCUT2D eigenvalue weighted by Gasteiger charge is -2.23. The summed E-state index contributed by atoms with van der Waals surface area (Å²) in [7, 11) is 3.18. The Morgan fingerprint density at radius 1 is 0.933 bits per heavy atom. The van der Waals surface area contributed by atoms with Crippen LogP contribution in [0.3, 0.4) is 0 Å². The first-order chi connectivity index (χ1) is 14.7. The number of nitrogens with zero attached hydrogens (tertiary/aromatic N) is 1. The van der Waals surface area contributed by atoms with E-state index in [-0.39, 0.29) is 5.97 Å². The number of para-hydroxylation sites is 1. The van der Waals surface area contributed by atoms with E-state index in [2.05, 4.69) is 5.16 Å². The average Bonchev–Trinajstić information content (AvgIpc) is 3.13. The summed E-state index contributed by atoms with van der Waals surface area (Å²) in [6.07, 6.45) is 0. The molecule has 0 fully saturated rings. The summed E-state index contributed by atoms with van der Waals surface area (Å²) in [5.41, 5.74) is 2.61. The lowest BCUT2D eigenvalue weighted by Crippen LogP contribution is -2.26. The minimum Gasteiger partial charge on any atom is -0.497 e. The first-order valence-corrected chi connectivity index (χ1v) is 9.47. The molecular formula is C24H21NO5. The lowest BCUT2D eigenvalue weighted by atomic mass is 9.77. The quantitative estimate of drug-likeness (QED) is 0.217. The molecule has 0 amide bonds. The topological polar surface area (TPSA) is 77.4 Å². The van der Waals surface area contributed by atoms with Gasteiger partial charge >= 0.3 is 5.97 Å². The van der Waals surface area contributed by atoms with E-state index >= 15 is 0 Å². The van der Waals surface area contributed by atoms with Crippen LogP contribution in [-0.2, 0) is 4.79 Å². The number of hydrogen-bond donors (Lipinski definition) is 1. The summed E-state index contributed by atoms with van der Waals surface area (Å²) in [5, 5.41) is 13.6. The first kappa shape index (κ1) is 19.5. The van der Waals surface area contributed by atoms with Crippen LogP contribution in [0.25, 0.3) is 0 Å². The third kappa shape index (κ3) is 3.48. The number of benzene rings is 3. The molecule has 0 saturated heterocycles. The van der Waals surface area contributed by atoms with E-state index in [1.165, 1.54) is 0 Å². The van der Waals surface area contributed by atoms with Gasteiger partial charge in [-0.05, 0) is 48.0 Å². The molecule has 2 unspecified atom stereocenters. The Bertz CT molecular complexity index is 1070.